The minimum atomic E-state index is 0.548. The molecule has 2 aromatic carbocycles. The molecule has 0 radical (unpaired) electrons. The summed E-state index contributed by atoms with van der Waals surface area (Å²) in [6, 6.07) is 18.6. The Kier molecular flexibility index (Phi) is 5.14. The zero-order valence-corrected chi connectivity index (χ0v) is 16.8. The van der Waals surface area contributed by atoms with Crippen LogP contribution in [-0.4, -0.2) is 19.7 Å². The fourth-order valence-corrected chi connectivity index (χ4v) is 4.14. The Bertz CT molecular complexity index is 1090. The molecule has 2 aromatic heterocycles. The van der Waals surface area contributed by atoms with Gasteiger partial charge in [0.15, 0.2) is 5.16 Å². The van der Waals surface area contributed by atoms with Crippen LogP contribution in [0.3, 0.4) is 0 Å². The molecule has 2 heterocycles. The smallest absolute Gasteiger partial charge is 0.191 e. The third-order valence-corrected chi connectivity index (χ3v) is 5.88. The summed E-state index contributed by atoms with van der Waals surface area (Å²) in [5, 5.41) is 11.2. The number of thioether (sulfide) groups is 1. The topological polar surface area (TPSA) is 43.6 Å². The summed E-state index contributed by atoms with van der Waals surface area (Å²) in [6.07, 6.45) is 0.766. The number of halogens is 1. The molecule has 0 spiro atoms. The lowest BCUT2D eigenvalue weighted by Crippen LogP contribution is -2.00. The van der Waals surface area contributed by atoms with Gasteiger partial charge in [-0.25, -0.2) is 4.98 Å². The number of aromatic nitrogens is 4. The van der Waals surface area contributed by atoms with Crippen molar-refractivity contribution in [1.82, 2.24) is 19.7 Å². The summed E-state index contributed by atoms with van der Waals surface area (Å²) in [6.45, 7) is 2.06. The number of pyridine rings is 1. The third-order valence-electron chi connectivity index (χ3n) is 4.49. The molecule has 6 heteroatoms. The number of hydrogen-bond acceptors (Lipinski definition) is 4. The van der Waals surface area contributed by atoms with Gasteiger partial charge >= 0.3 is 0 Å². The van der Waals surface area contributed by atoms with E-state index in [4.69, 9.17) is 11.6 Å². The van der Waals surface area contributed by atoms with E-state index < -0.39 is 0 Å². The fraction of sp³-hybridized carbons (Fsp3) is 0.190. The van der Waals surface area contributed by atoms with Gasteiger partial charge in [0.1, 0.15) is 11.0 Å². The first-order valence-electron chi connectivity index (χ1n) is 8.71. The molecule has 0 fully saturated rings. The summed E-state index contributed by atoms with van der Waals surface area (Å²) in [4.78, 5) is 4.54. The lowest BCUT2D eigenvalue weighted by molar-refractivity contribution is 0.749. The molecule has 0 aliphatic carbocycles. The quantitative estimate of drug-likeness (QED) is 0.344. The molecule has 4 nitrogen and oxygen atoms in total. The highest BCUT2D eigenvalue weighted by Crippen LogP contribution is 2.28. The van der Waals surface area contributed by atoms with Crippen LogP contribution < -0.4 is 0 Å². The Morgan fingerprint density at radius 2 is 1.85 bits per heavy atom. The van der Waals surface area contributed by atoms with Gasteiger partial charge in [0, 0.05) is 30.2 Å². The van der Waals surface area contributed by atoms with Gasteiger partial charge < -0.3 is 4.57 Å². The largest absolute Gasteiger partial charge is 0.309 e. The Morgan fingerprint density at radius 1 is 1.04 bits per heavy atom. The van der Waals surface area contributed by atoms with Gasteiger partial charge in [0.05, 0.1) is 5.52 Å². The molecule has 0 aliphatic heterocycles. The fourth-order valence-electron chi connectivity index (χ4n) is 2.94. The van der Waals surface area contributed by atoms with E-state index in [9.17, 15) is 0 Å². The van der Waals surface area contributed by atoms with Gasteiger partial charge in [-0.2, -0.15) is 0 Å². The zero-order chi connectivity index (χ0) is 18.8. The van der Waals surface area contributed by atoms with E-state index in [0.29, 0.717) is 10.9 Å². The van der Waals surface area contributed by atoms with Crippen LogP contribution in [0.4, 0.5) is 0 Å². The Morgan fingerprint density at radius 3 is 2.67 bits per heavy atom. The summed E-state index contributed by atoms with van der Waals surface area (Å²) >= 11 is 8.03. The van der Waals surface area contributed by atoms with E-state index in [1.54, 1.807) is 11.8 Å². The van der Waals surface area contributed by atoms with Crippen LogP contribution in [0.5, 0.6) is 0 Å². The van der Waals surface area contributed by atoms with Crippen molar-refractivity contribution >= 4 is 34.3 Å². The average Bonchev–Trinajstić information content (AvgIpc) is 3.01. The zero-order valence-electron chi connectivity index (χ0n) is 15.2. The molecule has 136 valence electrons. The summed E-state index contributed by atoms with van der Waals surface area (Å²) in [5.41, 5.74) is 4.34. The van der Waals surface area contributed by atoms with Gasteiger partial charge in [0.2, 0.25) is 0 Å². The summed E-state index contributed by atoms with van der Waals surface area (Å²) in [5.74, 6) is 1.65. The maximum absolute atomic E-state index is 6.41. The molecule has 0 unspecified atom stereocenters. The molecule has 0 aliphatic rings. The van der Waals surface area contributed by atoms with Crippen LogP contribution in [0.25, 0.3) is 10.9 Å². The third kappa shape index (κ3) is 3.99. The second-order valence-electron chi connectivity index (χ2n) is 6.54. The lowest BCUT2D eigenvalue weighted by atomic mass is 10.1. The van der Waals surface area contributed by atoms with Crippen LogP contribution in [0.2, 0.25) is 5.15 Å². The van der Waals surface area contributed by atoms with E-state index in [-0.39, 0.29) is 0 Å². The molecule has 0 bridgehead atoms. The van der Waals surface area contributed by atoms with Gasteiger partial charge in [-0.1, -0.05) is 65.8 Å². The van der Waals surface area contributed by atoms with Crippen LogP contribution >= 0.6 is 23.4 Å². The minimum absolute atomic E-state index is 0.548. The first-order valence-corrected chi connectivity index (χ1v) is 10.1. The number of rotatable bonds is 5. The highest BCUT2D eigenvalue weighted by Gasteiger charge is 2.12. The number of aryl methyl sites for hydroxylation is 1. The first kappa shape index (κ1) is 18.0. The summed E-state index contributed by atoms with van der Waals surface area (Å²) < 4.78 is 2.05. The predicted octanol–water partition coefficient (Wildman–Crippen LogP) is 5.21. The summed E-state index contributed by atoms with van der Waals surface area (Å²) in [7, 11) is 2.00. The van der Waals surface area contributed by atoms with Gasteiger partial charge in [-0.3, -0.25) is 0 Å². The highest BCUT2D eigenvalue weighted by molar-refractivity contribution is 7.98. The van der Waals surface area contributed by atoms with E-state index >= 15 is 0 Å². The normalized spacial score (nSPS) is 11.2. The maximum atomic E-state index is 6.41. The van der Waals surface area contributed by atoms with Crippen molar-refractivity contribution in [3.8, 4) is 0 Å². The molecule has 0 amide bonds. The van der Waals surface area contributed by atoms with Crippen LogP contribution in [0.15, 0.2) is 59.8 Å². The molecule has 4 rings (SSSR count). The predicted molar refractivity (Wildman–Crippen MR) is 111 cm³/mol. The number of fused-ring (bicyclic) bond motifs is 1. The van der Waals surface area contributed by atoms with Crippen molar-refractivity contribution in [3.05, 3.63) is 82.3 Å². The van der Waals surface area contributed by atoms with Crippen molar-refractivity contribution in [1.29, 1.82) is 0 Å². The second-order valence-corrected chi connectivity index (χ2v) is 7.84. The average molecular weight is 395 g/mol. The van der Waals surface area contributed by atoms with Crippen molar-refractivity contribution in [3.63, 3.8) is 0 Å². The Balaban J connectivity index is 1.51. The molecule has 27 heavy (non-hydrogen) atoms. The van der Waals surface area contributed by atoms with E-state index in [0.717, 1.165) is 33.9 Å². The Hall–Kier alpha value is -2.37. The first-order chi connectivity index (χ1) is 13.1. The van der Waals surface area contributed by atoms with E-state index in [2.05, 4.69) is 58.5 Å². The van der Waals surface area contributed by atoms with Crippen LogP contribution in [0, 0.1) is 6.92 Å². The molecule has 0 atom stereocenters. The minimum Gasteiger partial charge on any atom is -0.309 e. The molecule has 4 aromatic rings. The second kappa shape index (κ2) is 7.71. The SMILES string of the molecule is Cc1ccc2cc(CSc3nnc(Cc4ccccc4)n3C)c(Cl)nc2c1. The molecule has 0 N–H and O–H groups in total. The maximum Gasteiger partial charge on any atom is 0.191 e. The Labute approximate surface area is 167 Å². The van der Waals surface area contributed by atoms with Gasteiger partial charge in [-0.05, 0) is 30.2 Å². The standard InChI is InChI=1S/C21H19ClN4S/c1-14-8-9-16-12-17(20(22)23-18(16)10-14)13-27-21-25-24-19(26(21)2)11-15-6-4-3-5-7-15/h3-10,12H,11,13H2,1-2H3. The van der Waals surface area contributed by atoms with Crippen LogP contribution in [0.1, 0.15) is 22.5 Å². The lowest BCUT2D eigenvalue weighted by Gasteiger charge is -2.07. The number of nitrogens with zero attached hydrogens (tertiary/aromatic N) is 4. The van der Waals surface area contributed by atoms with E-state index in [1.807, 2.05) is 29.8 Å². The number of benzene rings is 2. The molecular formula is C21H19ClN4S. The van der Waals surface area contributed by atoms with Gasteiger partial charge in [0.25, 0.3) is 0 Å². The van der Waals surface area contributed by atoms with Crippen molar-refractivity contribution in [2.24, 2.45) is 7.05 Å². The van der Waals surface area contributed by atoms with Crippen molar-refractivity contribution < 1.29 is 0 Å². The van der Waals surface area contributed by atoms with E-state index in [1.165, 1.54) is 11.1 Å². The number of hydrogen-bond donors (Lipinski definition) is 0. The van der Waals surface area contributed by atoms with Crippen molar-refractivity contribution in [2.75, 3.05) is 0 Å². The van der Waals surface area contributed by atoms with Gasteiger partial charge in [-0.15, -0.1) is 10.2 Å². The monoisotopic (exact) mass is 394 g/mol. The molecule has 0 saturated heterocycles. The molecule has 0 saturated carbocycles. The van der Waals surface area contributed by atoms with Crippen molar-refractivity contribution in [2.45, 2.75) is 24.3 Å². The molecular weight excluding hydrogens is 376 g/mol. The highest BCUT2D eigenvalue weighted by atomic mass is 35.5. The van der Waals surface area contributed by atoms with Crippen LogP contribution in [-0.2, 0) is 19.2 Å².